The number of rotatable bonds is 8. The maximum Gasteiger partial charge on any atom is 0.251 e. The fourth-order valence-corrected chi connectivity index (χ4v) is 2.70. The van der Waals surface area contributed by atoms with Crippen molar-refractivity contribution >= 4 is 22.8 Å². The van der Waals surface area contributed by atoms with Crippen molar-refractivity contribution in [3.8, 4) is 0 Å². The van der Waals surface area contributed by atoms with Crippen molar-refractivity contribution in [3.63, 3.8) is 0 Å². The molecule has 0 radical (unpaired) electrons. The van der Waals surface area contributed by atoms with Gasteiger partial charge in [0.2, 0.25) is 5.91 Å². The van der Waals surface area contributed by atoms with Crippen molar-refractivity contribution in [3.05, 3.63) is 72.0 Å². The number of amides is 2. The van der Waals surface area contributed by atoms with Crippen molar-refractivity contribution in [1.29, 1.82) is 0 Å². The molecule has 0 fully saturated rings. The molecule has 3 aromatic rings. The second-order valence-corrected chi connectivity index (χ2v) is 6.15. The second kappa shape index (κ2) is 8.85. The molecule has 0 aliphatic heterocycles. The normalized spacial score (nSPS) is 10.6. The summed E-state index contributed by atoms with van der Waals surface area (Å²) in [6.45, 7) is 1.05. The molecule has 134 valence electrons. The Balaban J connectivity index is 1.31. The third-order valence-corrected chi connectivity index (χ3v) is 4.16. The summed E-state index contributed by atoms with van der Waals surface area (Å²) in [6.07, 6.45) is 3.61. The van der Waals surface area contributed by atoms with Gasteiger partial charge in [0, 0.05) is 30.5 Å². The highest BCUT2D eigenvalue weighted by atomic mass is 16.3. The predicted octanol–water partition coefficient (Wildman–Crippen LogP) is 3.65. The summed E-state index contributed by atoms with van der Waals surface area (Å²) in [5.74, 6) is -0.0673. The zero-order valence-electron chi connectivity index (χ0n) is 14.5. The van der Waals surface area contributed by atoms with Crippen molar-refractivity contribution in [1.82, 2.24) is 10.6 Å². The number of carbonyl (C=O) groups is 2. The topological polar surface area (TPSA) is 71.3 Å². The van der Waals surface area contributed by atoms with Gasteiger partial charge in [-0.2, -0.15) is 0 Å². The third-order valence-electron chi connectivity index (χ3n) is 4.16. The second-order valence-electron chi connectivity index (χ2n) is 6.15. The highest BCUT2D eigenvalue weighted by Gasteiger charge is 2.05. The van der Waals surface area contributed by atoms with Crippen LogP contribution < -0.4 is 10.6 Å². The molecule has 2 aromatic carbocycles. The summed E-state index contributed by atoms with van der Waals surface area (Å²) in [4.78, 5) is 23.8. The monoisotopic (exact) mass is 350 g/mol. The van der Waals surface area contributed by atoms with Gasteiger partial charge < -0.3 is 15.1 Å². The molecule has 3 rings (SSSR count). The van der Waals surface area contributed by atoms with E-state index in [-0.39, 0.29) is 11.8 Å². The van der Waals surface area contributed by atoms with Gasteiger partial charge in [0.1, 0.15) is 5.58 Å². The maximum absolute atomic E-state index is 11.9. The van der Waals surface area contributed by atoms with Crippen LogP contribution >= 0.6 is 0 Å². The SMILES string of the molecule is O=C(CCCCNC(=O)c1ccccc1)NCc1ccc2ccoc2c1. The van der Waals surface area contributed by atoms with E-state index >= 15 is 0 Å². The molecule has 0 aliphatic rings. The summed E-state index contributed by atoms with van der Waals surface area (Å²) < 4.78 is 5.36. The molecule has 0 saturated carbocycles. The van der Waals surface area contributed by atoms with Crippen LogP contribution in [0.2, 0.25) is 0 Å². The number of fused-ring (bicyclic) bond motifs is 1. The lowest BCUT2D eigenvalue weighted by Crippen LogP contribution is -2.25. The maximum atomic E-state index is 11.9. The van der Waals surface area contributed by atoms with Gasteiger partial charge in [0.15, 0.2) is 0 Å². The molecule has 1 heterocycles. The van der Waals surface area contributed by atoms with Crippen LogP contribution in [0.1, 0.15) is 35.2 Å². The minimum absolute atomic E-state index is 0.0129. The van der Waals surface area contributed by atoms with Crippen LogP contribution in [0.5, 0.6) is 0 Å². The van der Waals surface area contributed by atoms with Crippen LogP contribution in [0, 0.1) is 0 Å². The third kappa shape index (κ3) is 4.96. The van der Waals surface area contributed by atoms with Crippen LogP contribution in [-0.2, 0) is 11.3 Å². The number of benzene rings is 2. The highest BCUT2D eigenvalue weighted by Crippen LogP contribution is 2.16. The van der Waals surface area contributed by atoms with Crippen LogP contribution in [0.25, 0.3) is 11.0 Å². The number of furan rings is 1. The molecule has 0 aliphatic carbocycles. The first-order valence-electron chi connectivity index (χ1n) is 8.78. The lowest BCUT2D eigenvalue weighted by atomic mass is 10.1. The fourth-order valence-electron chi connectivity index (χ4n) is 2.70. The summed E-state index contributed by atoms with van der Waals surface area (Å²) in [6, 6.07) is 16.9. The summed E-state index contributed by atoms with van der Waals surface area (Å²) in [5.41, 5.74) is 2.49. The van der Waals surface area contributed by atoms with E-state index in [9.17, 15) is 9.59 Å². The average molecular weight is 350 g/mol. The molecule has 0 bridgehead atoms. The summed E-state index contributed by atoms with van der Waals surface area (Å²) in [7, 11) is 0. The molecule has 26 heavy (non-hydrogen) atoms. The van der Waals surface area contributed by atoms with Crippen molar-refractivity contribution < 1.29 is 14.0 Å². The molecule has 5 heteroatoms. The number of unbranched alkanes of at least 4 members (excludes halogenated alkanes) is 1. The van der Waals surface area contributed by atoms with Gasteiger partial charge in [0.25, 0.3) is 5.91 Å². The first-order chi connectivity index (χ1) is 12.7. The lowest BCUT2D eigenvalue weighted by Gasteiger charge is -2.07. The zero-order chi connectivity index (χ0) is 18.2. The summed E-state index contributed by atoms with van der Waals surface area (Å²) >= 11 is 0. The molecule has 2 N–H and O–H groups in total. The molecule has 1 aromatic heterocycles. The first-order valence-corrected chi connectivity index (χ1v) is 8.78. The molecule has 0 saturated heterocycles. The van der Waals surface area contributed by atoms with Crippen LogP contribution in [0.15, 0.2) is 65.3 Å². The standard InChI is InChI=1S/C21H22N2O3/c24-20(23-15-16-9-10-17-11-13-26-19(17)14-16)8-4-5-12-22-21(25)18-6-2-1-3-7-18/h1-3,6-7,9-11,13-14H,4-5,8,12,15H2,(H,22,25)(H,23,24). The molecule has 5 nitrogen and oxygen atoms in total. The van der Waals surface area contributed by atoms with E-state index in [0.717, 1.165) is 29.4 Å². The number of carbonyl (C=O) groups excluding carboxylic acids is 2. The Morgan fingerprint density at radius 3 is 2.62 bits per heavy atom. The van der Waals surface area contributed by atoms with Crippen molar-refractivity contribution in [2.75, 3.05) is 6.54 Å². The van der Waals surface area contributed by atoms with Crippen molar-refractivity contribution in [2.24, 2.45) is 0 Å². The lowest BCUT2D eigenvalue weighted by molar-refractivity contribution is -0.121. The number of nitrogens with one attached hydrogen (secondary N) is 2. The van der Waals surface area contributed by atoms with E-state index in [4.69, 9.17) is 4.42 Å². The molecule has 2 amide bonds. The number of hydrogen-bond donors (Lipinski definition) is 2. The minimum Gasteiger partial charge on any atom is -0.464 e. The van der Waals surface area contributed by atoms with Gasteiger partial charge in [-0.05, 0) is 42.7 Å². The Labute approximate surface area is 152 Å². The van der Waals surface area contributed by atoms with Crippen molar-refractivity contribution in [2.45, 2.75) is 25.8 Å². The van der Waals surface area contributed by atoms with E-state index in [0.29, 0.717) is 25.1 Å². The predicted molar refractivity (Wildman–Crippen MR) is 101 cm³/mol. The van der Waals surface area contributed by atoms with Crippen LogP contribution in [0.4, 0.5) is 0 Å². The Morgan fingerprint density at radius 2 is 1.77 bits per heavy atom. The van der Waals surface area contributed by atoms with Gasteiger partial charge in [-0.25, -0.2) is 0 Å². The number of hydrogen-bond acceptors (Lipinski definition) is 3. The zero-order valence-corrected chi connectivity index (χ0v) is 14.5. The van der Waals surface area contributed by atoms with Gasteiger partial charge in [0.05, 0.1) is 6.26 Å². The van der Waals surface area contributed by atoms with Gasteiger partial charge in [-0.15, -0.1) is 0 Å². The molecule has 0 unspecified atom stereocenters. The Hall–Kier alpha value is -3.08. The van der Waals surface area contributed by atoms with Gasteiger partial charge in [-0.1, -0.05) is 30.3 Å². The molecule has 0 atom stereocenters. The van der Waals surface area contributed by atoms with Crippen LogP contribution in [-0.4, -0.2) is 18.4 Å². The fraction of sp³-hybridized carbons (Fsp3) is 0.238. The quantitative estimate of drug-likeness (QED) is 0.609. The Bertz CT molecular complexity index is 871. The Kier molecular flexibility index (Phi) is 6.04. The highest BCUT2D eigenvalue weighted by molar-refractivity contribution is 5.94. The van der Waals surface area contributed by atoms with E-state index in [1.807, 2.05) is 42.5 Å². The molecular formula is C21H22N2O3. The average Bonchev–Trinajstić information content (AvgIpc) is 3.14. The van der Waals surface area contributed by atoms with Gasteiger partial charge >= 0.3 is 0 Å². The smallest absolute Gasteiger partial charge is 0.251 e. The van der Waals surface area contributed by atoms with Gasteiger partial charge in [-0.3, -0.25) is 9.59 Å². The van der Waals surface area contributed by atoms with Crippen LogP contribution in [0.3, 0.4) is 0 Å². The molecule has 0 spiro atoms. The molecular weight excluding hydrogens is 328 g/mol. The van der Waals surface area contributed by atoms with E-state index in [2.05, 4.69) is 10.6 Å². The first kappa shape index (κ1) is 17.7. The largest absolute Gasteiger partial charge is 0.464 e. The minimum atomic E-state index is -0.0802. The summed E-state index contributed by atoms with van der Waals surface area (Å²) in [5, 5.41) is 6.83. The van der Waals surface area contributed by atoms with E-state index in [1.165, 1.54) is 0 Å². The Morgan fingerprint density at radius 1 is 0.923 bits per heavy atom. The van der Waals surface area contributed by atoms with E-state index in [1.54, 1.807) is 18.4 Å². The van der Waals surface area contributed by atoms with E-state index < -0.39 is 0 Å².